The predicted molar refractivity (Wildman–Crippen MR) is 103 cm³/mol. The van der Waals surface area contributed by atoms with Gasteiger partial charge in [-0.05, 0) is 54.8 Å². The Balaban J connectivity index is 2.06. The van der Waals surface area contributed by atoms with E-state index in [1.54, 1.807) is 19.1 Å². The Morgan fingerprint density at radius 1 is 1.00 bits per heavy atom. The molecule has 2 rings (SSSR count). The van der Waals surface area contributed by atoms with Crippen molar-refractivity contribution in [2.75, 3.05) is 0 Å². The van der Waals surface area contributed by atoms with Gasteiger partial charge in [-0.3, -0.25) is 0 Å². The molecule has 0 saturated carbocycles. The third-order valence-corrected chi connectivity index (χ3v) is 3.52. The summed E-state index contributed by atoms with van der Waals surface area (Å²) in [4.78, 5) is 22.5. The van der Waals surface area contributed by atoms with Gasteiger partial charge < -0.3 is 14.2 Å². The van der Waals surface area contributed by atoms with Gasteiger partial charge in [-0.2, -0.15) is 0 Å². The molecule has 0 atom stereocenters. The molecule has 0 saturated heterocycles. The third-order valence-electron chi connectivity index (χ3n) is 3.52. The van der Waals surface area contributed by atoms with Crippen LogP contribution in [0.4, 0.5) is 0 Å². The summed E-state index contributed by atoms with van der Waals surface area (Å²) in [6.07, 6.45) is 3.51. The summed E-state index contributed by atoms with van der Waals surface area (Å²) in [5.74, 6) is 0.0884. The number of esters is 2. The molecule has 0 aliphatic carbocycles. The summed E-state index contributed by atoms with van der Waals surface area (Å²) >= 11 is 0. The molecule has 0 spiro atoms. The van der Waals surface area contributed by atoms with Crippen molar-refractivity contribution < 1.29 is 23.8 Å². The van der Waals surface area contributed by atoms with E-state index in [1.165, 1.54) is 6.26 Å². The molecule has 0 aliphatic rings. The van der Waals surface area contributed by atoms with Gasteiger partial charge in [-0.1, -0.05) is 31.4 Å². The molecule has 5 nitrogen and oxygen atoms in total. The predicted octanol–water partition coefficient (Wildman–Crippen LogP) is 4.72. The second-order valence-electron chi connectivity index (χ2n) is 5.71. The van der Waals surface area contributed by atoms with Crippen molar-refractivity contribution in [3.05, 3.63) is 85.4 Å². The van der Waals surface area contributed by atoms with Gasteiger partial charge in [0.1, 0.15) is 24.0 Å². The van der Waals surface area contributed by atoms with Crippen LogP contribution in [0.1, 0.15) is 12.5 Å². The van der Waals surface area contributed by atoms with E-state index in [9.17, 15) is 9.59 Å². The molecular weight excluding hydrogens is 344 g/mol. The highest BCUT2D eigenvalue weighted by molar-refractivity contribution is 5.88. The van der Waals surface area contributed by atoms with Gasteiger partial charge in [0.15, 0.2) is 0 Å². The van der Waals surface area contributed by atoms with Gasteiger partial charge in [0.05, 0.1) is 0 Å². The first-order chi connectivity index (χ1) is 12.9. The highest BCUT2D eigenvalue weighted by atomic mass is 16.5. The first-order valence-electron chi connectivity index (χ1n) is 8.14. The largest absolute Gasteiger partial charge is 0.462 e. The zero-order valence-corrected chi connectivity index (χ0v) is 15.2. The molecule has 0 aromatic heterocycles. The van der Waals surface area contributed by atoms with Crippen LogP contribution < -0.4 is 9.47 Å². The molecule has 0 radical (unpaired) electrons. The standard InChI is InChI=1S/C22H20O5/c1-5-21(23)26-13-12-25-20-11-8-18(14-16(20)4)17-6-9-19(10-7-17)27-22(24)15(2)3/h5-14H,1-2H2,3-4H3/b13-12-. The van der Waals surface area contributed by atoms with Crippen LogP contribution in [0, 0.1) is 6.92 Å². The lowest BCUT2D eigenvalue weighted by Gasteiger charge is -2.09. The quantitative estimate of drug-likeness (QED) is 0.308. The Morgan fingerprint density at radius 3 is 2.26 bits per heavy atom. The zero-order valence-electron chi connectivity index (χ0n) is 15.2. The van der Waals surface area contributed by atoms with Crippen molar-refractivity contribution in [1.29, 1.82) is 0 Å². The normalized spacial score (nSPS) is 10.3. The maximum atomic E-state index is 11.5. The van der Waals surface area contributed by atoms with E-state index in [2.05, 4.69) is 13.2 Å². The van der Waals surface area contributed by atoms with E-state index < -0.39 is 11.9 Å². The molecule has 0 fully saturated rings. The highest BCUT2D eigenvalue weighted by Gasteiger charge is 2.07. The topological polar surface area (TPSA) is 61.8 Å². The van der Waals surface area contributed by atoms with Crippen molar-refractivity contribution in [2.45, 2.75) is 13.8 Å². The van der Waals surface area contributed by atoms with Crippen LogP contribution in [-0.2, 0) is 14.3 Å². The molecule has 0 bridgehead atoms. The monoisotopic (exact) mass is 364 g/mol. The van der Waals surface area contributed by atoms with Crippen molar-refractivity contribution >= 4 is 11.9 Å². The number of carbonyl (C=O) groups is 2. The molecule has 0 N–H and O–H groups in total. The van der Waals surface area contributed by atoms with Gasteiger partial charge in [0.25, 0.3) is 0 Å². The van der Waals surface area contributed by atoms with Crippen LogP contribution in [0.25, 0.3) is 11.1 Å². The van der Waals surface area contributed by atoms with Crippen LogP contribution in [0.2, 0.25) is 0 Å². The molecule has 0 heterocycles. The third kappa shape index (κ3) is 5.71. The first-order valence-corrected chi connectivity index (χ1v) is 8.14. The molecule has 2 aromatic rings. The first kappa shape index (κ1) is 19.7. The second kappa shape index (κ2) is 9.20. The Labute approximate surface area is 158 Å². The van der Waals surface area contributed by atoms with Crippen molar-refractivity contribution in [3.8, 4) is 22.6 Å². The summed E-state index contributed by atoms with van der Waals surface area (Å²) in [5.41, 5.74) is 3.21. The minimum atomic E-state index is -0.556. The number of hydrogen-bond acceptors (Lipinski definition) is 5. The average molecular weight is 364 g/mol. The molecule has 0 amide bonds. The lowest BCUT2D eigenvalue weighted by molar-refractivity contribution is -0.132. The Morgan fingerprint density at radius 2 is 1.67 bits per heavy atom. The summed E-state index contributed by atoms with van der Waals surface area (Å²) in [6.45, 7) is 10.4. The SMILES string of the molecule is C=CC(=O)O/C=C\Oc1ccc(-c2ccc(OC(=O)C(=C)C)cc2)cc1C. The number of hydrogen-bond donors (Lipinski definition) is 0. The number of aryl methyl sites for hydroxylation is 1. The van der Waals surface area contributed by atoms with E-state index in [-0.39, 0.29) is 0 Å². The van der Waals surface area contributed by atoms with Gasteiger partial charge >= 0.3 is 11.9 Å². The zero-order chi connectivity index (χ0) is 19.8. The van der Waals surface area contributed by atoms with Crippen LogP contribution in [-0.4, -0.2) is 11.9 Å². The molecule has 0 aliphatic heterocycles. The number of benzene rings is 2. The van der Waals surface area contributed by atoms with Crippen LogP contribution in [0.3, 0.4) is 0 Å². The Bertz CT molecular complexity index is 891. The van der Waals surface area contributed by atoms with E-state index in [4.69, 9.17) is 14.2 Å². The van der Waals surface area contributed by atoms with Crippen LogP contribution in [0.5, 0.6) is 11.5 Å². The number of rotatable bonds is 7. The van der Waals surface area contributed by atoms with Crippen LogP contribution >= 0.6 is 0 Å². The van der Waals surface area contributed by atoms with Gasteiger partial charge in [-0.25, -0.2) is 9.59 Å². The molecule has 27 heavy (non-hydrogen) atoms. The van der Waals surface area contributed by atoms with Crippen molar-refractivity contribution in [3.63, 3.8) is 0 Å². The number of ether oxygens (including phenoxy) is 3. The summed E-state index contributed by atoms with van der Waals surface area (Å²) in [6, 6.07) is 12.9. The van der Waals surface area contributed by atoms with E-state index in [1.807, 2.05) is 37.3 Å². The molecule has 0 unspecified atom stereocenters. The van der Waals surface area contributed by atoms with Gasteiger partial charge in [0.2, 0.25) is 0 Å². The average Bonchev–Trinajstić information content (AvgIpc) is 2.66. The summed E-state index contributed by atoms with van der Waals surface area (Å²) in [5, 5.41) is 0. The lowest BCUT2D eigenvalue weighted by atomic mass is 10.0. The fraction of sp³-hybridized carbons (Fsp3) is 0.0909. The number of carbonyl (C=O) groups excluding carboxylic acids is 2. The van der Waals surface area contributed by atoms with E-state index in [0.717, 1.165) is 29.0 Å². The van der Waals surface area contributed by atoms with E-state index >= 15 is 0 Å². The highest BCUT2D eigenvalue weighted by Crippen LogP contribution is 2.28. The molecular formula is C22H20O5. The summed E-state index contributed by atoms with van der Waals surface area (Å²) < 4.78 is 15.3. The van der Waals surface area contributed by atoms with Crippen molar-refractivity contribution in [2.24, 2.45) is 0 Å². The second-order valence-corrected chi connectivity index (χ2v) is 5.71. The smallest absolute Gasteiger partial charge is 0.338 e. The van der Waals surface area contributed by atoms with Gasteiger partial charge in [0, 0.05) is 11.6 Å². The fourth-order valence-corrected chi connectivity index (χ4v) is 2.11. The van der Waals surface area contributed by atoms with Gasteiger partial charge in [-0.15, -0.1) is 0 Å². The van der Waals surface area contributed by atoms with E-state index in [0.29, 0.717) is 17.1 Å². The fourth-order valence-electron chi connectivity index (χ4n) is 2.11. The van der Waals surface area contributed by atoms with Crippen molar-refractivity contribution in [1.82, 2.24) is 0 Å². The minimum absolute atomic E-state index is 0.346. The maximum Gasteiger partial charge on any atom is 0.338 e. The molecule has 2 aromatic carbocycles. The Kier molecular flexibility index (Phi) is 6.72. The molecule has 138 valence electrons. The Hall–Kier alpha value is -3.60. The van der Waals surface area contributed by atoms with Crippen LogP contribution in [0.15, 0.2) is 79.8 Å². The lowest BCUT2D eigenvalue weighted by Crippen LogP contribution is -2.07. The summed E-state index contributed by atoms with van der Waals surface area (Å²) in [7, 11) is 0. The maximum absolute atomic E-state index is 11.5. The molecule has 5 heteroatoms. The minimum Gasteiger partial charge on any atom is -0.462 e.